The van der Waals surface area contributed by atoms with E-state index in [4.69, 9.17) is 9.47 Å². The Hall–Kier alpha value is -3.45. The van der Waals surface area contributed by atoms with Crippen LogP contribution in [0.4, 0.5) is 0 Å². The van der Waals surface area contributed by atoms with Crippen molar-refractivity contribution in [3.63, 3.8) is 0 Å². The Morgan fingerprint density at radius 2 is 1.97 bits per heavy atom. The van der Waals surface area contributed by atoms with Crippen LogP contribution in [0.3, 0.4) is 0 Å². The van der Waals surface area contributed by atoms with Crippen LogP contribution in [0.2, 0.25) is 0 Å². The maximum atomic E-state index is 6.52. The van der Waals surface area contributed by atoms with E-state index < -0.39 is 0 Å². The standard InChI is InChI=1S/C25H25N5O2/c1-29-15-14-25-13-7-6-10-19(25)20(29)16-17-11-12-21(31-2)23(22(17)25)32-24-26-27-28-30(24)18-8-4-3-5-9-18/h3-13,19-20H,14-16H2,1-2H3/t19-,20-,25-/m1/s1. The number of fused-ring (bicyclic) bond motifs is 1. The summed E-state index contributed by atoms with van der Waals surface area (Å²) in [4.78, 5) is 2.50. The van der Waals surface area contributed by atoms with Crippen molar-refractivity contribution in [2.24, 2.45) is 5.92 Å². The summed E-state index contributed by atoms with van der Waals surface area (Å²) in [5.74, 6) is 1.79. The molecule has 1 saturated heterocycles. The zero-order chi connectivity index (χ0) is 21.7. The van der Waals surface area contributed by atoms with Crippen LogP contribution in [0.15, 0.2) is 66.8 Å². The highest BCUT2D eigenvalue weighted by atomic mass is 16.5. The fourth-order valence-corrected chi connectivity index (χ4v) is 5.71. The molecule has 7 nitrogen and oxygen atoms in total. The number of allylic oxidation sites excluding steroid dienone is 3. The molecule has 1 aliphatic heterocycles. The molecule has 3 aromatic rings. The van der Waals surface area contributed by atoms with Crippen LogP contribution in [-0.4, -0.2) is 51.9 Å². The Kier molecular flexibility index (Phi) is 4.40. The summed E-state index contributed by atoms with van der Waals surface area (Å²) in [6.07, 6.45) is 11.1. The van der Waals surface area contributed by atoms with Crippen LogP contribution >= 0.6 is 0 Å². The van der Waals surface area contributed by atoms with E-state index in [2.05, 4.69) is 57.8 Å². The smallest absolute Gasteiger partial charge is 0.346 e. The summed E-state index contributed by atoms with van der Waals surface area (Å²) in [6, 6.07) is 14.7. The molecule has 2 heterocycles. The highest BCUT2D eigenvalue weighted by molar-refractivity contribution is 5.61. The number of rotatable bonds is 4. The Morgan fingerprint density at radius 3 is 2.81 bits per heavy atom. The van der Waals surface area contributed by atoms with Crippen molar-refractivity contribution < 1.29 is 9.47 Å². The number of tetrazole rings is 1. The number of hydrogen-bond acceptors (Lipinski definition) is 6. The fraction of sp³-hybridized carbons (Fsp3) is 0.320. The van der Waals surface area contributed by atoms with Crippen molar-refractivity contribution in [1.29, 1.82) is 0 Å². The minimum atomic E-state index is -0.131. The molecule has 2 bridgehead atoms. The van der Waals surface area contributed by atoms with E-state index in [1.807, 2.05) is 36.4 Å². The average molecular weight is 428 g/mol. The van der Waals surface area contributed by atoms with Gasteiger partial charge in [0.1, 0.15) is 0 Å². The predicted molar refractivity (Wildman–Crippen MR) is 120 cm³/mol. The number of likely N-dealkylation sites (N-methyl/N-ethyl adjacent to an activating group) is 1. The van der Waals surface area contributed by atoms with Crippen molar-refractivity contribution in [2.45, 2.75) is 24.3 Å². The van der Waals surface area contributed by atoms with Crippen molar-refractivity contribution in [3.8, 4) is 23.2 Å². The fourth-order valence-electron chi connectivity index (χ4n) is 5.71. The third kappa shape index (κ3) is 2.74. The van der Waals surface area contributed by atoms with E-state index in [9.17, 15) is 0 Å². The topological polar surface area (TPSA) is 65.3 Å². The van der Waals surface area contributed by atoms with Crippen LogP contribution in [0, 0.1) is 5.92 Å². The number of aromatic nitrogens is 4. The van der Waals surface area contributed by atoms with Gasteiger partial charge in [-0.15, -0.1) is 0 Å². The number of likely N-dealkylation sites (tertiary alicyclic amines) is 1. The largest absolute Gasteiger partial charge is 0.493 e. The van der Waals surface area contributed by atoms with Crippen molar-refractivity contribution in [1.82, 2.24) is 25.1 Å². The molecule has 3 aliphatic rings. The van der Waals surface area contributed by atoms with Gasteiger partial charge in [-0.2, -0.15) is 4.68 Å². The maximum absolute atomic E-state index is 6.52. The molecule has 0 radical (unpaired) electrons. The van der Waals surface area contributed by atoms with Crippen LogP contribution < -0.4 is 9.47 Å². The van der Waals surface area contributed by atoms with Crippen molar-refractivity contribution in [3.05, 3.63) is 77.9 Å². The molecule has 1 fully saturated rings. The van der Waals surface area contributed by atoms with E-state index in [1.165, 1.54) is 11.1 Å². The van der Waals surface area contributed by atoms with Gasteiger partial charge in [0.2, 0.25) is 0 Å². The number of piperidine rings is 1. The second-order valence-corrected chi connectivity index (χ2v) is 8.75. The van der Waals surface area contributed by atoms with Crippen molar-refractivity contribution in [2.75, 3.05) is 20.7 Å². The molecular weight excluding hydrogens is 402 g/mol. The summed E-state index contributed by atoms with van der Waals surface area (Å²) >= 11 is 0. The zero-order valence-corrected chi connectivity index (χ0v) is 18.2. The molecule has 7 heteroatoms. The molecular formula is C25H25N5O2. The molecule has 3 atom stereocenters. The van der Waals surface area contributed by atoms with Crippen LogP contribution in [0.5, 0.6) is 17.5 Å². The minimum Gasteiger partial charge on any atom is -0.493 e. The SMILES string of the molecule is COc1ccc2c(c1Oc1nnnn1-c1ccccc1)[C@@]13C=CC=C[C@@H]1[C@@H](C2)N(C)CC3. The summed E-state index contributed by atoms with van der Waals surface area (Å²) in [6.45, 7) is 1.04. The number of ether oxygens (including phenoxy) is 2. The molecule has 2 aromatic carbocycles. The van der Waals surface area contributed by atoms with Gasteiger partial charge in [-0.1, -0.05) is 53.7 Å². The van der Waals surface area contributed by atoms with Gasteiger partial charge in [0.15, 0.2) is 11.5 Å². The molecule has 6 rings (SSSR count). The van der Waals surface area contributed by atoms with E-state index >= 15 is 0 Å². The first-order valence-corrected chi connectivity index (χ1v) is 11.0. The van der Waals surface area contributed by atoms with Gasteiger partial charge in [-0.25, -0.2) is 0 Å². The number of methoxy groups -OCH3 is 1. The molecule has 32 heavy (non-hydrogen) atoms. The lowest BCUT2D eigenvalue weighted by Crippen LogP contribution is -2.58. The number of benzene rings is 2. The molecule has 0 amide bonds. The predicted octanol–water partition coefficient (Wildman–Crippen LogP) is 3.70. The molecule has 162 valence electrons. The van der Waals surface area contributed by atoms with Gasteiger partial charge >= 0.3 is 6.01 Å². The Bertz CT molecular complexity index is 1220. The van der Waals surface area contributed by atoms with E-state index in [-0.39, 0.29) is 5.41 Å². The highest BCUT2D eigenvalue weighted by Gasteiger charge is 2.52. The minimum absolute atomic E-state index is 0.131. The summed E-state index contributed by atoms with van der Waals surface area (Å²) in [5.41, 5.74) is 3.21. The normalized spacial score (nSPS) is 25.8. The average Bonchev–Trinajstić information content (AvgIpc) is 3.30. The van der Waals surface area contributed by atoms with E-state index in [0.717, 1.165) is 25.1 Å². The molecule has 0 saturated carbocycles. The molecule has 1 aromatic heterocycles. The van der Waals surface area contributed by atoms with Crippen LogP contribution in [0.25, 0.3) is 5.69 Å². The van der Waals surface area contributed by atoms with E-state index in [0.29, 0.717) is 29.5 Å². The highest BCUT2D eigenvalue weighted by Crippen LogP contribution is 2.56. The lowest BCUT2D eigenvalue weighted by molar-refractivity contribution is 0.0781. The summed E-state index contributed by atoms with van der Waals surface area (Å²) < 4.78 is 13.9. The second-order valence-electron chi connectivity index (χ2n) is 8.75. The molecule has 0 spiro atoms. The monoisotopic (exact) mass is 427 g/mol. The number of hydrogen-bond donors (Lipinski definition) is 0. The van der Waals surface area contributed by atoms with Gasteiger partial charge in [-0.3, -0.25) is 0 Å². The first-order chi connectivity index (χ1) is 15.7. The van der Waals surface area contributed by atoms with Crippen LogP contribution in [0.1, 0.15) is 17.5 Å². The number of para-hydroxylation sites is 1. The Morgan fingerprint density at radius 1 is 1.09 bits per heavy atom. The third-order valence-corrected chi connectivity index (χ3v) is 7.23. The van der Waals surface area contributed by atoms with Gasteiger partial charge in [0, 0.05) is 22.9 Å². The zero-order valence-electron chi connectivity index (χ0n) is 18.2. The summed E-state index contributed by atoms with van der Waals surface area (Å²) in [7, 11) is 3.92. The first-order valence-electron chi connectivity index (χ1n) is 11.0. The van der Waals surface area contributed by atoms with Crippen LogP contribution in [-0.2, 0) is 11.8 Å². The number of nitrogens with zero attached hydrogens (tertiary/aromatic N) is 5. The maximum Gasteiger partial charge on any atom is 0.346 e. The second kappa shape index (κ2) is 7.31. The third-order valence-electron chi connectivity index (χ3n) is 7.23. The van der Waals surface area contributed by atoms with Crippen molar-refractivity contribution >= 4 is 0 Å². The Labute approximate surface area is 186 Å². The van der Waals surface area contributed by atoms with Gasteiger partial charge in [0.25, 0.3) is 0 Å². The van der Waals surface area contributed by atoms with E-state index in [1.54, 1.807) is 11.8 Å². The van der Waals surface area contributed by atoms with Gasteiger partial charge < -0.3 is 14.4 Å². The molecule has 2 aliphatic carbocycles. The molecule has 0 N–H and O–H groups in total. The molecule has 0 unspecified atom stereocenters. The van der Waals surface area contributed by atoms with Gasteiger partial charge in [0.05, 0.1) is 12.8 Å². The lowest BCUT2D eigenvalue weighted by Gasteiger charge is -2.55. The summed E-state index contributed by atoms with van der Waals surface area (Å²) in [5, 5.41) is 12.2. The van der Waals surface area contributed by atoms with Gasteiger partial charge in [-0.05, 0) is 60.6 Å². The first kappa shape index (κ1) is 19.3. The quantitative estimate of drug-likeness (QED) is 0.633. The lowest BCUT2D eigenvalue weighted by atomic mass is 9.56. The Balaban J connectivity index is 1.52.